The van der Waals surface area contributed by atoms with Crippen LogP contribution >= 0.6 is 0 Å². The molecule has 0 aliphatic rings. The Morgan fingerprint density at radius 3 is 1.58 bits per heavy atom. The van der Waals surface area contributed by atoms with Gasteiger partial charge in [-0.1, -0.05) is 48.6 Å². The summed E-state index contributed by atoms with van der Waals surface area (Å²) in [4.78, 5) is 0. The second-order valence-corrected chi connectivity index (χ2v) is 4.17. The van der Waals surface area contributed by atoms with Gasteiger partial charge in [0.05, 0.1) is 0 Å². The van der Waals surface area contributed by atoms with Crippen molar-refractivity contribution in [3.8, 4) is 5.75 Å². The van der Waals surface area contributed by atoms with Crippen LogP contribution in [0.5, 0.6) is 5.75 Å². The molecule has 0 saturated heterocycles. The number of phenols is 1. The Morgan fingerprint density at radius 1 is 0.737 bits per heavy atom. The highest BCUT2D eigenvalue weighted by molar-refractivity contribution is 6.73. The molecule has 2 aromatic carbocycles. The van der Waals surface area contributed by atoms with E-state index < -0.39 is 12.4 Å². The van der Waals surface area contributed by atoms with Gasteiger partial charge >= 0.3 is 6.98 Å². The highest BCUT2D eigenvalue weighted by atomic mass is 19.4. The maximum Gasteiger partial charge on any atom is 0.509 e. The summed E-state index contributed by atoms with van der Waals surface area (Å²) in [6.07, 6.45) is 3.49. The van der Waals surface area contributed by atoms with Crippen molar-refractivity contribution >= 4 is 24.6 Å². The third kappa shape index (κ3) is 3.65. The van der Waals surface area contributed by atoms with E-state index in [1.807, 2.05) is 0 Å². The van der Waals surface area contributed by atoms with E-state index in [1.165, 1.54) is 12.1 Å². The van der Waals surface area contributed by atoms with E-state index in [-0.39, 0.29) is 5.75 Å². The molecule has 0 radical (unpaired) electrons. The first-order valence-corrected chi connectivity index (χ1v) is 5.72. The number of hydrogen-bond donors (Lipinski definition) is 1. The zero-order valence-corrected chi connectivity index (χ0v) is 9.93. The minimum absolute atomic E-state index is 0.175. The first-order valence-electron chi connectivity index (χ1n) is 5.72. The van der Waals surface area contributed by atoms with Gasteiger partial charge in [-0.3, -0.25) is 0 Å². The minimum atomic E-state index is -4.93. The standard InChI is InChI=1S/C14H11BF3O/c16-15(17,18)13-7-3-11(4-8-13)1-2-12-5-9-14(19)10-6-12/h1-10,19H/q-1/b2-1+. The molecule has 98 valence electrons. The molecule has 0 amide bonds. The van der Waals surface area contributed by atoms with Crippen molar-refractivity contribution in [2.24, 2.45) is 0 Å². The third-order valence-electron chi connectivity index (χ3n) is 2.68. The van der Waals surface area contributed by atoms with Gasteiger partial charge in [0.15, 0.2) is 0 Å². The molecule has 0 saturated carbocycles. The van der Waals surface area contributed by atoms with Crippen LogP contribution in [-0.2, 0) is 0 Å². The van der Waals surface area contributed by atoms with Gasteiger partial charge < -0.3 is 18.1 Å². The van der Waals surface area contributed by atoms with Crippen molar-refractivity contribution < 1.29 is 18.1 Å². The summed E-state index contributed by atoms with van der Waals surface area (Å²) in [5, 5.41) is 9.12. The lowest BCUT2D eigenvalue weighted by molar-refractivity contribution is 0.475. The van der Waals surface area contributed by atoms with Crippen molar-refractivity contribution in [3.63, 3.8) is 0 Å². The van der Waals surface area contributed by atoms with Crippen molar-refractivity contribution in [2.75, 3.05) is 0 Å². The number of hydrogen-bond acceptors (Lipinski definition) is 1. The maximum absolute atomic E-state index is 12.4. The van der Waals surface area contributed by atoms with Crippen LogP contribution < -0.4 is 5.46 Å². The Balaban J connectivity index is 2.13. The molecule has 0 bridgehead atoms. The fraction of sp³-hybridized carbons (Fsp3) is 0. The lowest BCUT2D eigenvalue weighted by atomic mass is 9.80. The van der Waals surface area contributed by atoms with Crippen LogP contribution in [0.1, 0.15) is 11.1 Å². The Kier molecular flexibility index (Phi) is 3.65. The van der Waals surface area contributed by atoms with Crippen molar-refractivity contribution in [3.05, 3.63) is 59.7 Å². The fourth-order valence-corrected chi connectivity index (χ4v) is 1.60. The van der Waals surface area contributed by atoms with E-state index in [2.05, 4.69) is 0 Å². The molecule has 0 atom stereocenters. The van der Waals surface area contributed by atoms with Crippen molar-refractivity contribution in [1.82, 2.24) is 0 Å². The Bertz CT molecular complexity index is 571. The number of rotatable bonds is 3. The molecule has 0 heterocycles. The predicted molar refractivity (Wildman–Crippen MR) is 72.2 cm³/mol. The summed E-state index contributed by atoms with van der Waals surface area (Å²) in [7, 11) is 0. The fourth-order valence-electron chi connectivity index (χ4n) is 1.60. The number of benzene rings is 2. The van der Waals surface area contributed by atoms with E-state index in [4.69, 9.17) is 5.11 Å². The molecule has 19 heavy (non-hydrogen) atoms. The van der Waals surface area contributed by atoms with Gasteiger partial charge in [-0.05, 0) is 23.3 Å². The topological polar surface area (TPSA) is 20.2 Å². The Morgan fingerprint density at radius 2 is 1.16 bits per heavy atom. The third-order valence-corrected chi connectivity index (χ3v) is 2.68. The average molecular weight is 263 g/mol. The van der Waals surface area contributed by atoms with Gasteiger partial charge in [-0.25, -0.2) is 0 Å². The van der Waals surface area contributed by atoms with Gasteiger partial charge in [0.1, 0.15) is 5.75 Å². The molecule has 2 rings (SSSR count). The molecule has 5 heteroatoms. The van der Waals surface area contributed by atoms with Crippen molar-refractivity contribution in [2.45, 2.75) is 0 Å². The van der Waals surface area contributed by atoms with Gasteiger partial charge in [-0.15, -0.1) is 5.46 Å². The lowest BCUT2D eigenvalue weighted by Gasteiger charge is -2.14. The van der Waals surface area contributed by atoms with Crippen LogP contribution in [-0.4, -0.2) is 12.1 Å². The predicted octanol–water partition coefficient (Wildman–Crippen LogP) is 3.62. The average Bonchev–Trinajstić information content (AvgIpc) is 2.37. The molecule has 0 aliphatic carbocycles. The van der Waals surface area contributed by atoms with Gasteiger partial charge in [-0.2, -0.15) is 0 Å². The quantitative estimate of drug-likeness (QED) is 0.662. The highest BCUT2D eigenvalue weighted by Crippen LogP contribution is 2.14. The SMILES string of the molecule is Oc1ccc(/C=C/c2ccc([B-](F)(F)F)cc2)cc1. The molecule has 2 aromatic rings. The maximum atomic E-state index is 12.4. The van der Waals surface area contributed by atoms with Crippen molar-refractivity contribution in [1.29, 1.82) is 0 Å². The van der Waals surface area contributed by atoms with Crippen LogP contribution in [0.2, 0.25) is 0 Å². The van der Waals surface area contributed by atoms with E-state index in [0.29, 0.717) is 5.56 Å². The molecule has 0 spiro atoms. The van der Waals surface area contributed by atoms with Crippen LogP contribution in [0.4, 0.5) is 12.9 Å². The lowest BCUT2D eigenvalue weighted by Crippen LogP contribution is -2.33. The summed E-state index contributed by atoms with van der Waals surface area (Å²) in [5.41, 5.74) is 0.959. The van der Waals surface area contributed by atoms with Gasteiger partial charge in [0, 0.05) is 0 Å². The van der Waals surface area contributed by atoms with Crippen LogP contribution in [0.15, 0.2) is 48.5 Å². The number of phenolic OH excluding ortho intramolecular Hbond substituents is 1. The molecular weight excluding hydrogens is 252 g/mol. The molecule has 1 N–H and O–H groups in total. The number of aromatic hydroxyl groups is 1. The molecule has 0 aliphatic heterocycles. The Hall–Kier alpha value is -2.17. The zero-order chi connectivity index (χ0) is 13.9. The van der Waals surface area contributed by atoms with Gasteiger partial charge in [0.25, 0.3) is 0 Å². The molecular formula is C14H11BF3O-. The minimum Gasteiger partial charge on any atom is -0.508 e. The zero-order valence-electron chi connectivity index (χ0n) is 9.93. The normalized spacial score (nSPS) is 11.9. The largest absolute Gasteiger partial charge is 0.509 e. The smallest absolute Gasteiger partial charge is 0.508 e. The molecule has 0 aromatic heterocycles. The Labute approximate surface area is 109 Å². The van der Waals surface area contributed by atoms with Crippen LogP contribution in [0.25, 0.3) is 12.2 Å². The second kappa shape index (κ2) is 5.22. The first-order chi connectivity index (χ1) is 8.95. The summed E-state index contributed by atoms with van der Waals surface area (Å²) in [6.45, 7) is -4.93. The monoisotopic (exact) mass is 263 g/mol. The first kappa shape index (κ1) is 13.3. The van der Waals surface area contributed by atoms with Gasteiger partial charge in [0.2, 0.25) is 0 Å². The van der Waals surface area contributed by atoms with E-state index in [1.54, 1.807) is 36.4 Å². The van der Waals surface area contributed by atoms with E-state index >= 15 is 0 Å². The van der Waals surface area contributed by atoms with E-state index in [9.17, 15) is 12.9 Å². The molecule has 0 unspecified atom stereocenters. The summed E-state index contributed by atoms with van der Waals surface area (Å²) in [6, 6.07) is 11.6. The van der Waals surface area contributed by atoms with Crippen LogP contribution in [0, 0.1) is 0 Å². The second-order valence-electron chi connectivity index (χ2n) is 4.17. The highest BCUT2D eigenvalue weighted by Gasteiger charge is 2.24. The summed E-state index contributed by atoms with van der Waals surface area (Å²) >= 11 is 0. The molecule has 0 fully saturated rings. The molecule has 1 nitrogen and oxygen atoms in total. The summed E-state index contributed by atoms with van der Waals surface area (Å²) < 4.78 is 37.3. The van der Waals surface area contributed by atoms with E-state index in [0.717, 1.165) is 17.7 Å². The van der Waals surface area contributed by atoms with Crippen LogP contribution in [0.3, 0.4) is 0 Å². The summed E-state index contributed by atoms with van der Waals surface area (Å²) in [5.74, 6) is 0.175. The number of halogens is 3.